The zero-order valence-corrected chi connectivity index (χ0v) is 13.5. The van der Waals surface area contributed by atoms with Gasteiger partial charge in [-0.05, 0) is 23.8 Å². The normalized spacial score (nSPS) is 16.7. The van der Waals surface area contributed by atoms with E-state index >= 15 is 0 Å². The molecule has 3 aromatic heterocycles. The zero-order chi connectivity index (χ0) is 16.2. The van der Waals surface area contributed by atoms with Crippen molar-refractivity contribution in [2.45, 2.75) is 24.3 Å². The molecule has 0 bridgehead atoms. The molecule has 118 valence electrons. The minimum atomic E-state index is -3.78. The molecule has 1 aliphatic rings. The first-order chi connectivity index (χ1) is 10.9. The number of hydrogen-bond donors (Lipinski definition) is 0. The van der Waals surface area contributed by atoms with E-state index in [0.29, 0.717) is 17.9 Å². The van der Waals surface area contributed by atoms with Gasteiger partial charge in [0, 0.05) is 24.4 Å². The van der Waals surface area contributed by atoms with Crippen LogP contribution >= 0.6 is 0 Å². The number of imidazole rings is 1. The molecule has 1 aliphatic heterocycles. The van der Waals surface area contributed by atoms with E-state index < -0.39 is 10.0 Å². The Morgan fingerprint density at radius 2 is 2.00 bits per heavy atom. The predicted molar refractivity (Wildman–Crippen MR) is 84.8 cm³/mol. The predicted octanol–water partition coefficient (Wildman–Crippen LogP) is 1.61. The van der Waals surface area contributed by atoms with Gasteiger partial charge in [0.25, 0.3) is 10.0 Å². The van der Waals surface area contributed by atoms with Crippen LogP contribution in [0.5, 0.6) is 0 Å². The minimum absolute atomic E-state index is 0.0561. The molecule has 7 nitrogen and oxygen atoms in total. The standard InChI is InChI=1S/C15H15N5O2S/c1-15(2)10-19(12-8-16-7-5-11(12)15)23(21,22)14-9-17-13-4-3-6-18-20(13)14/h3-9H,10H2,1-2H3. The fraction of sp³-hybridized carbons (Fsp3) is 0.267. The third kappa shape index (κ3) is 1.94. The van der Waals surface area contributed by atoms with Crippen molar-refractivity contribution in [2.24, 2.45) is 0 Å². The zero-order valence-electron chi connectivity index (χ0n) is 12.7. The molecular formula is C15H15N5O2S. The number of sulfonamides is 1. The van der Waals surface area contributed by atoms with Gasteiger partial charge in [0.2, 0.25) is 0 Å². The molecule has 0 unspecified atom stereocenters. The molecule has 4 heterocycles. The van der Waals surface area contributed by atoms with Gasteiger partial charge in [-0.25, -0.2) is 9.50 Å². The molecule has 0 atom stereocenters. The van der Waals surface area contributed by atoms with E-state index in [1.807, 2.05) is 19.9 Å². The fourth-order valence-electron chi connectivity index (χ4n) is 3.00. The van der Waals surface area contributed by atoms with Gasteiger partial charge in [0.15, 0.2) is 10.7 Å². The fourth-order valence-corrected chi connectivity index (χ4v) is 4.67. The maximum atomic E-state index is 13.2. The Balaban J connectivity index is 1.91. The van der Waals surface area contributed by atoms with E-state index in [-0.39, 0.29) is 10.4 Å². The molecule has 4 rings (SSSR count). The summed E-state index contributed by atoms with van der Waals surface area (Å²) in [4.78, 5) is 8.21. The second kappa shape index (κ2) is 4.51. The molecule has 0 amide bonds. The number of pyridine rings is 1. The summed E-state index contributed by atoms with van der Waals surface area (Å²) in [6.07, 6.45) is 6.17. The molecule has 0 saturated heterocycles. The Morgan fingerprint density at radius 1 is 1.17 bits per heavy atom. The highest BCUT2D eigenvalue weighted by Gasteiger charge is 2.42. The van der Waals surface area contributed by atoms with Gasteiger partial charge in [-0.1, -0.05) is 13.8 Å². The van der Waals surface area contributed by atoms with Crippen LogP contribution in [0.1, 0.15) is 19.4 Å². The molecule has 0 fully saturated rings. The van der Waals surface area contributed by atoms with Crippen LogP contribution < -0.4 is 4.31 Å². The number of rotatable bonds is 2. The van der Waals surface area contributed by atoms with Crippen LogP contribution in [-0.2, 0) is 15.4 Å². The van der Waals surface area contributed by atoms with E-state index in [1.165, 1.54) is 21.2 Å². The molecule has 0 aliphatic carbocycles. The number of fused-ring (bicyclic) bond motifs is 2. The quantitative estimate of drug-likeness (QED) is 0.713. The Hall–Kier alpha value is -2.48. The first-order valence-corrected chi connectivity index (χ1v) is 8.61. The summed E-state index contributed by atoms with van der Waals surface area (Å²) < 4.78 is 29.1. The van der Waals surface area contributed by atoms with Crippen molar-refractivity contribution in [3.05, 3.63) is 48.5 Å². The van der Waals surface area contributed by atoms with E-state index in [9.17, 15) is 8.42 Å². The average Bonchev–Trinajstić information content (AvgIpc) is 3.08. The van der Waals surface area contributed by atoms with Crippen LogP contribution in [0.25, 0.3) is 5.65 Å². The van der Waals surface area contributed by atoms with Gasteiger partial charge in [-0.2, -0.15) is 13.5 Å². The van der Waals surface area contributed by atoms with Crippen molar-refractivity contribution >= 4 is 21.4 Å². The lowest BCUT2D eigenvalue weighted by Crippen LogP contribution is -2.34. The minimum Gasteiger partial charge on any atom is -0.263 e. The molecule has 0 N–H and O–H groups in total. The lowest BCUT2D eigenvalue weighted by molar-refractivity contribution is 0.551. The maximum Gasteiger partial charge on any atom is 0.283 e. The summed E-state index contributed by atoms with van der Waals surface area (Å²) >= 11 is 0. The number of hydrogen-bond acceptors (Lipinski definition) is 5. The summed E-state index contributed by atoms with van der Waals surface area (Å²) in [5, 5.41) is 4.16. The maximum absolute atomic E-state index is 13.2. The first kappa shape index (κ1) is 14.1. The van der Waals surface area contributed by atoms with Crippen LogP contribution in [-0.4, -0.2) is 34.5 Å². The van der Waals surface area contributed by atoms with Gasteiger partial charge in [-0.15, -0.1) is 0 Å². The SMILES string of the molecule is CC1(C)CN(S(=O)(=O)c2cnc3cccnn23)c2cnccc21. The van der Waals surface area contributed by atoms with Gasteiger partial charge >= 0.3 is 0 Å². The van der Waals surface area contributed by atoms with Gasteiger partial charge in [0.1, 0.15) is 0 Å². The molecule has 0 aromatic carbocycles. The van der Waals surface area contributed by atoms with Crippen molar-refractivity contribution < 1.29 is 8.42 Å². The Labute approximate surface area is 133 Å². The van der Waals surface area contributed by atoms with E-state index in [0.717, 1.165) is 5.56 Å². The van der Waals surface area contributed by atoms with E-state index in [1.54, 1.807) is 24.5 Å². The van der Waals surface area contributed by atoms with Crippen LogP contribution in [0.4, 0.5) is 5.69 Å². The second-order valence-electron chi connectivity index (χ2n) is 6.18. The summed E-state index contributed by atoms with van der Waals surface area (Å²) in [6.45, 7) is 4.40. The molecule has 0 spiro atoms. The van der Waals surface area contributed by atoms with E-state index in [2.05, 4.69) is 15.1 Å². The number of nitrogens with zero attached hydrogens (tertiary/aromatic N) is 5. The number of aromatic nitrogens is 4. The van der Waals surface area contributed by atoms with Crippen molar-refractivity contribution in [1.29, 1.82) is 0 Å². The van der Waals surface area contributed by atoms with Crippen molar-refractivity contribution in [1.82, 2.24) is 19.6 Å². The molecule has 3 aromatic rings. The van der Waals surface area contributed by atoms with Gasteiger partial charge in [0.05, 0.1) is 18.1 Å². The molecule has 0 radical (unpaired) electrons. The monoisotopic (exact) mass is 329 g/mol. The molecule has 8 heteroatoms. The Bertz CT molecular complexity index is 1010. The Morgan fingerprint density at radius 3 is 2.83 bits per heavy atom. The largest absolute Gasteiger partial charge is 0.283 e. The van der Waals surface area contributed by atoms with Crippen LogP contribution in [0.15, 0.2) is 48.0 Å². The van der Waals surface area contributed by atoms with Crippen molar-refractivity contribution in [2.75, 3.05) is 10.8 Å². The van der Waals surface area contributed by atoms with Gasteiger partial charge in [-0.3, -0.25) is 9.29 Å². The molecule has 0 saturated carbocycles. The molecular weight excluding hydrogens is 314 g/mol. The topological polar surface area (TPSA) is 80.5 Å². The Kier molecular flexibility index (Phi) is 2.77. The second-order valence-corrected chi connectivity index (χ2v) is 7.99. The summed E-state index contributed by atoms with van der Waals surface area (Å²) in [6, 6.07) is 5.31. The summed E-state index contributed by atoms with van der Waals surface area (Å²) in [5.74, 6) is 0. The third-order valence-corrected chi connectivity index (χ3v) is 5.85. The highest BCUT2D eigenvalue weighted by molar-refractivity contribution is 7.92. The highest BCUT2D eigenvalue weighted by Crippen LogP contribution is 2.42. The number of anilines is 1. The van der Waals surface area contributed by atoms with Crippen LogP contribution in [0.2, 0.25) is 0 Å². The smallest absolute Gasteiger partial charge is 0.263 e. The summed E-state index contributed by atoms with van der Waals surface area (Å²) in [5.41, 5.74) is 1.80. The summed E-state index contributed by atoms with van der Waals surface area (Å²) in [7, 11) is -3.78. The molecule has 23 heavy (non-hydrogen) atoms. The van der Waals surface area contributed by atoms with Crippen molar-refractivity contribution in [3.63, 3.8) is 0 Å². The average molecular weight is 329 g/mol. The lowest BCUT2D eigenvalue weighted by atomic mass is 9.88. The third-order valence-electron chi connectivity index (χ3n) is 4.14. The van der Waals surface area contributed by atoms with E-state index in [4.69, 9.17) is 0 Å². The van der Waals surface area contributed by atoms with Gasteiger partial charge < -0.3 is 0 Å². The van der Waals surface area contributed by atoms with Crippen molar-refractivity contribution in [3.8, 4) is 0 Å². The first-order valence-electron chi connectivity index (χ1n) is 7.17. The van der Waals surface area contributed by atoms with Crippen LogP contribution in [0.3, 0.4) is 0 Å². The van der Waals surface area contributed by atoms with Crippen LogP contribution in [0, 0.1) is 0 Å². The lowest BCUT2D eigenvalue weighted by Gasteiger charge is -2.21. The highest BCUT2D eigenvalue weighted by atomic mass is 32.2.